The predicted octanol–water partition coefficient (Wildman–Crippen LogP) is 4.40. The largest absolute Gasteiger partial charge is 0.493 e. The highest BCUT2D eigenvalue weighted by atomic mass is 19.4. The van der Waals surface area contributed by atoms with Gasteiger partial charge in [-0.3, -0.25) is 4.79 Å². The Labute approximate surface area is 148 Å². The molecule has 0 unspecified atom stereocenters. The highest BCUT2D eigenvalue weighted by Gasteiger charge is 2.30. The quantitative estimate of drug-likeness (QED) is 0.677. The Morgan fingerprint density at radius 1 is 1.19 bits per heavy atom. The number of carbonyl (C=O) groups excluding carboxylic acids is 1. The van der Waals surface area contributed by atoms with E-state index in [0.29, 0.717) is 30.7 Å². The zero-order valence-corrected chi connectivity index (χ0v) is 14.3. The van der Waals surface area contributed by atoms with Crippen molar-refractivity contribution < 1.29 is 32.2 Å². The maximum atomic E-state index is 12.6. The van der Waals surface area contributed by atoms with Crippen LogP contribution < -0.4 is 9.47 Å². The second kappa shape index (κ2) is 8.55. The number of nitrogens with zero attached hydrogens (tertiary/aromatic N) is 1. The first kappa shape index (κ1) is 19.6. The van der Waals surface area contributed by atoms with Crippen LogP contribution in [0.1, 0.15) is 24.5 Å². The third-order valence-corrected chi connectivity index (χ3v) is 3.45. The molecule has 1 heterocycles. The lowest BCUT2D eigenvalue weighted by molar-refractivity contribution is -0.140. The average Bonchev–Trinajstić information content (AvgIpc) is 2.60. The number of hydrogen-bond acceptors (Lipinski definition) is 5. The number of pyridine rings is 1. The van der Waals surface area contributed by atoms with Gasteiger partial charge in [-0.2, -0.15) is 13.2 Å². The molecule has 0 N–H and O–H groups in total. The average molecular weight is 369 g/mol. The Kier molecular flexibility index (Phi) is 6.43. The molecule has 0 aliphatic rings. The van der Waals surface area contributed by atoms with Crippen LogP contribution in [0.3, 0.4) is 0 Å². The number of carbonyl (C=O) groups is 1. The summed E-state index contributed by atoms with van der Waals surface area (Å²) in [7, 11) is 1.32. The van der Waals surface area contributed by atoms with Crippen LogP contribution in [0.25, 0.3) is 0 Å². The number of methoxy groups -OCH3 is 1. The minimum Gasteiger partial charge on any atom is -0.493 e. The lowest BCUT2D eigenvalue weighted by atomic mass is 10.1. The molecule has 1 aromatic carbocycles. The van der Waals surface area contributed by atoms with Gasteiger partial charge in [0.25, 0.3) is 0 Å². The van der Waals surface area contributed by atoms with Gasteiger partial charge in [-0.25, -0.2) is 4.98 Å². The molecule has 0 aliphatic carbocycles. The summed E-state index contributed by atoms with van der Waals surface area (Å²) in [4.78, 5) is 14.9. The van der Waals surface area contributed by atoms with Gasteiger partial charge in [-0.1, -0.05) is 6.07 Å². The molecular weight excluding hydrogens is 351 g/mol. The summed E-state index contributed by atoms with van der Waals surface area (Å²) in [5.41, 5.74) is -0.0528. The van der Waals surface area contributed by atoms with Gasteiger partial charge in [0.05, 0.1) is 19.3 Å². The molecule has 2 rings (SSSR count). The van der Waals surface area contributed by atoms with Crippen LogP contribution in [0, 0.1) is 0 Å². The van der Waals surface area contributed by atoms with Gasteiger partial charge in [-0.15, -0.1) is 0 Å². The minimum atomic E-state index is -4.45. The Balaban J connectivity index is 2.14. The molecule has 0 spiro atoms. The van der Waals surface area contributed by atoms with Crippen molar-refractivity contribution in [3.63, 3.8) is 0 Å². The zero-order valence-electron chi connectivity index (χ0n) is 14.3. The van der Waals surface area contributed by atoms with E-state index in [1.165, 1.54) is 7.11 Å². The number of benzene rings is 1. The molecule has 2 aromatic rings. The first-order valence-electron chi connectivity index (χ1n) is 7.87. The molecule has 8 heteroatoms. The summed E-state index contributed by atoms with van der Waals surface area (Å²) in [5.74, 6) is 0.591. The number of aromatic nitrogens is 1. The normalized spacial score (nSPS) is 11.1. The molecule has 0 saturated heterocycles. The van der Waals surface area contributed by atoms with Crippen molar-refractivity contribution in [1.29, 1.82) is 0 Å². The Morgan fingerprint density at radius 2 is 1.96 bits per heavy atom. The number of esters is 1. The Morgan fingerprint density at radius 3 is 2.54 bits per heavy atom. The van der Waals surface area contributed by atoms with Crippen molar-refractivity contribution >= 4 is 5.97 Å². The summed E-state index contributed by atoms with van der Waals surface area (Å²) in [5, 5.41) is 0. The molecule has 0 atom stereocenters. The standard InChI is InChI=1S/C18H18F3NO4/c1-3-25-15-10-14(7-4-12(15)5-9-17(23)24-2)26-16-8-6-13(11-22-16)18(19,20)21/h4,6-8,10-11H,3,5,9H2,1-2H3. The third kappa shape index (κ3) is 5.37. The van der Waals surface area contributed by atoms with E-state index in [1.54, 1.807) is 18.2 Å². The Hall–Kier alpha value is -2.77. The van der Waals surface area contributed by atoms with Crippen LogP contribution >= 0.6 is 0 Å². The van der Waals surface area contributed by atoms with Crippen molar-refractivity contribution in [3.05, 3.63) is 47.7 Å². The molecule has 1 aromatic heterocycles. The predicted molar refractivity (Wildman–Crippen MR) is 87.3 cm³/mol. The van der Waals surface area contributed by atoms with Crippen molar-refractivity contribution in [3.8, 4) is 17.4 Å². The molecule has 140 valence electrons. The second-order valence-electron chi connectivity index (χ2n) is 5.26. The molecule has 26 heavy (non-hydrogen) atoms. The lowest BCUT2D eigenvalue weighted by Crippen LogP contribution is -2.05. The summed E-state index contributed by atoms with van der Waals surface area (Å²) in [6.07, 6.45) is -3.10. The van der Waals surface area contributed by atoms with Gasteiger partial charge in [0.15, 0.2) is 0 Å². The highest BCUT2D eigenvalue weighted by Crippen LogP contribution is 2.31. The summed E-state index contributed by atoms with van der Waals surface area (Å²) in [6.45, 7) is 2.22. The molecular formula is C18H18F3NO4. The van der Waals surface area contributed by atoms with Crippen LogP contribution in [-0.2, 0) is 22.1 Å². The highest BCUT2D eigenvalue weighted by molar-refractivity contribution is 5.69. The van der Waals surface area contributed by atoms with Gasteiger partial charge in [-0.05, 0) is 31.0 Å². The molecule has 0 fully saturated rings. The maximum absolute atomic E-state index is 12.6. The van der Waals surface area contributed by atoms with Gasteiger partial charge in [0.1, 0.15) is 11.5 Å². The van der Waals surface area contributed by atoms with Crippen molar-refractivity contribution in [2.45, 2.75) is 25.9 Å². The number of alkyl halides is 3. The van der Waals surface area contributed by atoms with E-state index in [1.807, 2.05) is 6.92 Å². The van der Waals surface area contributed by atoms with Crippen LogP contribution in [-0.4, -0.2) is 24.7 Å². The molecule has 0 radical (unpaired) electrons. The first-order valence-corrected chi connectivity index (χ1v) is 7.87. The fourth-order valence-electron chi connectivity index (χ4n) is 2.16. The monoisotopic (exact) mass is 369 g/mol. The fraction of sp³-hybridized carbons (Fsp3) is 0.333. The summed E-state index contributed by atoms with van der Waals surface area (Å²) in [6, 6.07) is 7.02. The molecule has 0 aliphatic heterocycles. The number of aryl methyl sites for hydroxylation is 1. The summed E-state index contributed by atoms with van der Waals surface area (Å²) < 4.78 is 53.3. The molecule has 0 amide bonds. The molecule has 5 nitrogen and oxygen atoms in total. The van der Waals surface area contributed by atoms with Gasteiger partial charge in [0.2, 0.25) is 5.88 Å². The van der Waals surface area contributed by atoms with E-state index in [-0.39, 0.29) is 18.3 Å². The van der Waals surface area contributed by atoms with Crippen molar-refractivity contribution in [2.24, 2.45) is 0 Å². The Bertz CT molecular complexity index is 745. The summed E-state index contributed by atoms with van der Waals surface area (Å²) >= 11 is 0. The molecule has 0 saturated carbocycles. The number of ether oxygens (including phenoxy) is 3. The van der Waals surface area contributed by atoms with E-state index >= 15 is 0 Å². The van der Waals surface area contributed by atoms with Crippen molar-refractivity contribution in [1.82, 2.24) is 4.98 Å². The van der Waals surface area contributed by atoms with E-state index in [2.05, 4.69) is 9.72 Å². The first-order chi connectivity index (χ1) is 12.3. The van der Waals surface area contributed by atoms with Gasteiger partial charge >= 0.3 is 12.1 Å². The third-order valence-electron chi connectivity index (χ3n) is 3.45. The van der Waals surface area contributed by atoms with Crippen molar-refractivity contribution in [2.75, 3.05) is 13.7 Å². The van der Waals surface area contributed by atoms with Gasteiger partial charge < -0.3 is 14.2 Å². The van der Waals surface area contributed by atoms with E-state index in [4.69, 9.17) is 9.47 Å². The number of halogens is 3. The number of rotatable bonds is 7. The van der Waals surface area contributed by atoms with Crippen LogP contribution in [0.5, 0.6) is 17.4 Å². The second-order valence-corrected chi connectivity index (χ2v) is 5.26. The fourth-order valence-corrected chi connectivity index (χ4v) is 2.16. The van der Waals surface area contributed by atoms with E-state index < -0.39 is 11.7 Å². The van der Waals surface area contributed by atoms with E-state index in [9.17, 15) is 18.0 Å². The lowest BCUT2D eigenvalue weighted by Gasteiger charge is -2.13. The minimum absolute atomic E-state index is 0.0303. The van der Waals surface area contributed by atoms with Crippen LogP contribution in [0.4, 0.5) is 13.2 Å². The van der Waals surface area contributed by atoms with Crippen LogP contribution in [0.2, 0.25) is 0 Å². The van der Waals surface area contributed by atoms with E-state index in [0.717, 1.165) is 17.7 Å². The molecule has 0 bridgehead atoms. The topological polar surface area (TPSA) is 57.7 Å². The number of hydrogen-bond donors (Lipinski definition) is 0. The van der Waals surface area contributed by atoms with Crippen LogP contribution in [0.15, 0.2) is 36.5 Å². The smallest absolute Gasteiger partial charge is 0.417 e. The van der Waals surface area contributed by atoms with Gasteiger partial charge in [0, 0.05) is 24.8 Å². The SMILES string of the molecule is CCOc1cc(Oc2ccc(C(F)(F)F)cn2)ccc1CCC(=O)OC. The zero-order chi connectivity index (χ0) is 19.2. The maximum Gasteiger partial charge on any atom is 0.417 e.